The maximum absolute atomic E-state index is 9.22. The summed E-state index contributed by atoms with van der Waals surface area (Å²) in [5.41, 5.74) is 1.96. The molecule has 0 spiro atoms. The van der Waals surface area contributed by atoms with Crippen LogP contribution in [0.2, 0.25) is 0 Å². The normalized spacial score (nSPS) is 14.7. The Morgan fingerprint density at radius 1 is 1.18 bits per heavy atom. The number of thiazole rings is 1. The average molecular weight is 561 g/mol. The molecule has 2 aromatic rings. The monoisotopic (exact) mass is 560 g/mol. The first-order chi connectivity index (χ1) is 17.9. The molecule has 0 aliphatic carbocycles. The highest BCUT2D eigenvalue weighted by atomic mass is 32.3. The lowest BCUT2D eigenvalue weighted by Gasteiger charge is -2.39. The predicted octanol–water partition coefficient (Wildman–Crippen LogP) is 3.82. The van der Waals surface area contributed by atoms with Crippen LogP contribution in [0.15, 0.2) is 40.1 Å². The second-order valence-electron chi connectivity index (χ2n) is 8.80. The van der Waals surface area contributed by atoms with Crippen molar-refractivity contribution in [2.45, 2.75) is 13.8 Å². The van der Waals surface area contributed by atoms with E-state index in [4.69, 9.17) is 4.98 Å². The molecule has 0 bridgehead atoms. The number of aromatic nitrogens is 1. The minimum atomic E-state index is -4.41. The van der Waals surface area contributed by atoms with Gasteiger partial charge in [0.1, 0.15) is 23.5 Å². The Labute approximate surface area is 228 Å². The quantitative estimate of drug-likeness (QED) is 0.154. The van der Waals surface area contributed by atoms with E-state index in [1.165, 1.54) is 11.3 Å². The standard InChI is InChI=1S/C23H29N8S.CH4O4S/c1-5-29(6-2)20-9-7-19(8-10-20)27-28-23-26-22(21(32-23)15-18(16-24)17-25)30-11-13-31(3,4)14-12-30;1-5-6(2,3)4/h7-10,15H,5-6,11-14H2,1-4H3;1H3,(H,2,3,4)/q+1;/p-1. The van der Waals surface area contributed by atoms with Crippen molar-refractivity contribution in [2.24, 2.45) is 10.2 Å². The molecule has 0 unspecified atom stereocenters. The smallest absolute Gasteiger partial charge is 0.232 e. The Hall–Kier alpha value is -3.40. The number of hydrogen-bond acceptors (Lipinski definition) is 12. The van der Waals surface area contributed by atoms with Crippen LogP contribution in [0.1, 0.15) is 18.7 Å². The van der Waals surface area contributed by atoms with Crippen molar-refractivity contribution in [3.8, 4) is 12.1 Å². The van der Waals surface area contributed by atoms with Crippen LogP contribution in [0.5, 0.6) is 0 Å². The number of hydrogen-bond donors (Lipinski definition) is 0. The molecule has 1 aliphatic heterocycles. The summed E-state index contributed by atoms with van der Waals surface area (Å²) in [6, 6.07) is 11.8. The highest BCUT2D eigenvalue weighted by Gasteiger charge is 2.27. The molecular formula is C24H32N8O4S2. The Morgan fingerprint density at radius 2 is 1.74 bits per heavy atom. The molecule has 1 aliphatic rings. The SMILES string of the molecule is CCN(CC)c1ccc(N=Nc2nc(N3CC[N+](C)(C)CC3)c(C=C(C#N)C#N)s2)cc1.COS(=O)(=O)[O-]. The molecule has 1 fully saturated rings. The fourth-order valence-corrected chi connectivity index (χ4v) is 4.39. The number of nitrogens with zero attached hydrogens (tertiary/aromatic N) is 8. The van der Waals surface area contributed by atoms with E-state index >= 15 is 0 Å². The summed E-state index contributed by atoms with van der Waals surface area (Å²) < 4.78 is 32.0. The molecule has 2 heterocycles. The third-order valence-electron chi connectivity index (χ3n) is 5.82. The summed E-state index contributed by atoms with van der Waals surface area (Å²) in [4.78, 5) is 9.94. The maximum atomic E-state index is 9.22. The molecule has 38 heavy (non-hydrogen) atoms. The number of rotatable bonds is 8. The molecule has 0 amide bonds. The van der Waals surface area contributed by atoms with Crippen LogP contribution >= 0.6 is 11.3 Å². The number of quaternary nitrogens is 1. The fraction of sp³-hybridized carbons (Fsp3) is 0.458. The molecular weight excluding hydrogens is 528 g/mol. The van der Waals surface area contributed by atoms with Gasteiger partial charge in [-0.15, -0.1) is 10.2 Å². The number of piperazine rings is 1. The molecule has 12 nitrogen and oxygen atoms in total. The van der Waals surface area contributed by atoms with E-state index in [1.54, 1.807) is 6.08 Å². The zero-order valence-corrected chi connectivity index (χ0v) is 23.8. The summed E-state index contributed by atoms with van der Waals surface area (Å²) in [5.74, 6) is 0.767. The van der Waals surface area contributed by atoms with Gasteiger partial charge in [0.15, 0.2) is 0 Å². The van der Waals surface area contributed by atoms with Crippen LogP contribution in [-0.4, -0.2) is 82.9 Å². The summed E-state index contributed by atoms with van der Waals surface area (Å²) in [6.45, 7) is 9.89. The third kappa shape index (κ3) is 9.48. The van der Waals surface area contributed by atoms with E-state index in [2.05, 4.69) is 52.2 Å². The summed E-state index contributed by atoms with van der Waals surface area (Å²) >= 11 is 1.34. The Balaban J connectivity index is 0.000000757. The van der Waals surface area contributed by atoms with Gasteiger partial charge in [0.2, 0.25) is 15.5 Å². The second-order valence-corrected chi connectivity index (χ2v) is 11.0. The van der Waals surface area contributed by atoms with Crippen molar-refractivity contribution < 1.29 is 21.6 Å². The molecule has 0 atom stereocenters. The zero-order valence-electron chi connectivity index (χ0n) is 22.2. The lowest BCUT2D eigenvalue weighted by atomic mass is 10.2. The van der Waals surface area contributed by atoms with Crippen molar-refractivity contribution in [3.63, 3.8) is 0 Å². The van der Waals surface area contributed by atoms with Crippen LogP contribution in [0, 0.1) is 22.7 Å². The van der Waals surface area contributed by atoms with Gasteiger partial charge in [-0.3, -0.25) is 4.18 Å². The first kappa shape index (κ1) is 30.8. The molecule has 204 valence electrons. The molecule has 3 rings (SSSR count). The highest BCUT2D eigenvalue weighted by Crippen LogP contribution is 2.35. The Morgan fingerprint density at radius 3 is 2.21 bits per heavy atom. The molecule has 0 saturated carbocycles. The zero-order chi connectivity index (χ0) is 28.3. The summed E-state index contributed by atoms with van der Waals surface area (Å²) in [6.07, 6.45) is 1.60. The van der Waals surface area contributed by atoms with Gasteiger partial charge in [0.05, 0.1) is 57.9 Å². The van der Waals surface area contributed by atoms with Crippen molar-refractivity contribution in [1.82, 2.24) is 4.98 Å². The lowest BCUT2D eigenvalue weighted by molar-refractivity contribution is -0.890. The largest absolute Gasteiger partial charge is 0.726 e. The van der Waals surface area contributed by atoms with E-state index < -0.39 is 10.4 Å². The van der Waals surface area contributed by atoms with Crippen LogP contribution in [0.4, 0.5) is 22.3 Å². The molecule has 14 heteroatoms. The van der Waals surface area contributed by atoms with Crippen molar-refractivity contribution in [2.75, 3.05) is 70.3 Å². The number of azo groups is 1. The minimum Gasteiger partial charge on any atom is -0.726 e. The summed E-state index contributed by atoms with van der Waals surface area (Å²) in [7, 11) is 0.828. The van der Waals surface area contributed by atoms with Gasteiger partial charge in [-0.1, -0.05) is 11.3 Å². The van der Waals surface area contributed by atoms with Crippen molar-refractivity contribution in [3.05, 3.63) is 34.7 Å². The van der Waals surface area contributed by atoms with Crippen molar-refractivity contribution >= 4 is 50.1 Å². The molecule has 1 saturated heterocycles. The minimum absolute atomic E-state index is 0.0542. The first-order valence-corrected chi connectivity index (χ1v) is 14.0. The van der Waals surface area contributed by atoms with Gasteiger partial charge in [-0.05, 0) is 44.2 Å². The number of allylic oxidation sites excluding steroid dienone is 1. The Bertz CT molecular complexity index is 1290. The molecule has 0 radical (unpaired) electrons. The van der Waals surface area contributed by atoms with Crippen molar-refractivity contribution in [1.29, 1.82) is 10.5 Å². The number of likely N-dealkylation sites (N-methyl/N-ethyl adjacent to an activating group) is 1. The molecule has 1 aromatic carbocycles. The fourth-order valence-electron chi connectivity index (χ4n) is 3.53. The summed E-state index contributed by atoms with van der Waals surface area (Å²) in [5, 5.41) is 27.6. The van der Waals surface area contributed by atoms with Gasteiger partial charge in [0, 0.05) is 18.8 Å². The van der Waals surface area contributed by atoms with Gasteiger partial charge in [0.25, 0.3) is 0 Å². The molecule has 0 N–H and O–H groups in total. The maximum Gasteiger partial charge on any atom is 0.232 e. The predicted molar refractivity (Wildman–Crippen MR) is 146 cm³/mol. The van der Waals surface area contributed by atoms with Crippen LogP contribution < -0.4 is 9.80 Å². The number of anilines is 2. The van der Waals surface area contributed by atoms with Gasteiger partial charge in [-0.25, -0.2) is 8.42 Å². The average Bonchev–Trinajstić information content (AvgIpc) is 3.30. The third-order valence-corrected chi connectivity index (χ3v) is 7.11. The van der Waals surface area contributed by atoms with Crippen LogP contribution in [-0.2, 0) is 14.6 Å². The number of benzene rings is 1. The Kier molecular flexibility index (Phi) is 11.3. The van der Waals surface area contributed by atoms with E-state index in [0.29, 0.717) is 5.13 Å². The van der Waals surface area contributed by atoms with Crippen LogP contribution in [0.25, 0.3) is 6.08 Å². The van der Waals surface area contributed by atoms with Gasteiger partial charge in [-0.2, -0.15) is 15.5 Å². The lowest BCUT2D eigenvalue weighted by Crippen LogP contribution is -2.55. The van der Waals surface area contributed by atoms with E-state index in [0.717, 1.165) is 72.9 Å². The van der Waals surface area contributed by atoms with Gasteiger partial charge >= 0.3 is 0 Å². The highest BCUT2D eigenvalue weighted by molar-refractivity contribution is 7.80. The second kappa shape index (κ2) is 13.9. The van der Waals surface area contributed by atoms with E-state index in [9.17, 15) is 23.5 Å². The number of nitriles is 2. The molecule has 1 aromatic heterocycles. The first-order valence-electron chi connectivity index (χ1n) is 11.8. The van der Waals surface area contributed by atoms with Crippen LogP contribution in [0.3, 0.4) is 0 Å². The topological polar surface area (TPSA) is 158 Å². The van der Waals surface area contributed by atoms with E-state index in [-0.39, 0.29) is 5.57 Å². The van der Waals surface area contributed by atoms with Gasteiger partial charge < -0.3 is 18.8 Å². The van der Waals surface area contributed by atoms with E-state index in [1.807, 2.05) is 36.4 Å².